The van der Waals surface area contributed by atoms with E-state index in [1.165, 1.54) is 12.1 Å². The molecule has 0 aliphatic carbocycles. The fourth-order valence-corrected chi connectivity index (χ4v) is 4.45. The minimum atomic E-state index is -3.64. The van der Waals surface area contributed by atoms with E-state index >= 15 is 0 Å². The molecule has 2 aliphatic heterocycles. The minimum absolute atomic E-state index is 0.00600. The average Bonchev–Trinajstić information content (AvgIpc) is 2.71. The fourth-order valence-electron chi connectivity index (χ4n) is 3.18. The van der Waals surface area contributed by atoms with Crippen LogP contribution in [0.25, 0.3) is 0 Å². The number of fused-ring (bicyclic) bond motifs is 2. The SMILES string of the molecule is Cc1ccc(S(=O)(=O)NC2CC3CCC(C2)N3)cc1F. The second-order valence-corrected chi connectivity index (χ2v) is 7.55. The highest BCUT2D eigenvalue weighted by molar-refractivity contribution is 7.89. The largest absolute Gasteiger partial charge is 0.311 e. The Labute approximate surface area is 118 Å². The van der Waals surface area contributed by atoms with Gasteiger partial charge in [-0.2, -0.15) is 0 Å². The van der Waals surface area contributed by atoms with Gasteiger partial charge in [0.05, 0.1) is 4.90 Å². The number of benzene rings is 1. The summed E-state index contributed by atoms with van der Waals surface area (Å²) < 4.78 is 40.8. The van der Waals surface area contributed by atoms with Crippen LogP contribution in [0.2, 0.25) is 0 Å². The molecule has 0 amide bonds. The second kappa shape index (κ2) is 5.09. The van der Waals surface area contributed by atoms with E-state index in [0.717, 1.165) is 31.7 Å². The number of piperidine rings is 1. The maximum Gasteiger partial charge on any atom is 0.240 e. The molecule has 20 heavy (non-hydrogen) atoms. The number of halogens is 1. The second-order valence-electron chi connectivity index (χ2n) is 5.84. The summed E-state index contributed by atoms with van der Waals surface area (Å²) in [7, 11) is -3.64. The molecule has 3 rings (SSSR count). The average molecular weight is 298 g/mol. The van der Waals surface area contributed by atoms with Crippen molar-refractivity contribution in [2.75, 3.05) is 0 Å². The van der Waals surface area contributed by atoms with Gasteiger partial charge in [-0.1, -0.05) is 6.07 Å². The molecule has 0 aromatic heterocycles. The molecule has 0 saturated carbocycles. The van der Waals surface area contributed by atoms with Crippen LogP contribution in [0.5, 0.6) is 0 Å². The highest BCUT2D eigenvalue weighted by Gasteiger charge is 2.35. The van der Waals surface area contributed by atoms with Crippen molar-refractivity contribution in [1.29, 1.82) is 0 Å². The van der Waals surface area contributed by atoms with E-state index in [4.69, 9.17) is 0 Å². The summed E-state index contributed by atoms with van der Waals surface area (Å²) in [5.41, 5.74) is 0.448. The molecule has 1 aromatic rings. The summed E-state index contributed by atoms with van der Waals surface area (Å²) in [4.78, 5) is 0.00600. The fraction of sp³-hybridized carbons (Fsp3) is 0.571. The number of rotatable bonds is 3. The van der Waals surface area contributed by atoms with Gasteiger partial charge in [0.2, 0.25) is 10.0 Å². The van der Waals surface area contributed by atoms with Crippen LogP contribution in [-0.2, 0) is 10.0 Å². The van der Waals surface area contributed by atoms with E-state index in [1.54, 1.807) is 6.92 Å². The standard InChI is InChI=1S/C14H19FN2O2S/c1-9-2-5-13(8-14(9)15)20(18,19)17-12-6-10-3-4-11(7-12)16-10/h2,5,8,10-12,16-17H,3-4,6-7H2,1H3. The monoisotopic (exact) mass is 298 g/mol. The molecular formula is C14H19FN2O2S. The van der Waals surface area contributed by atoms with Crippen molar-refractivity contribution in [2.45, 2.75) is 55.6 Å². The van der Waals surface area contributed by atoms with Gasteiger partial charge in [0.25, 0.3) is 0 Å². The first-order chi connectivity index (χ1) is 9.44. The van der Waals surface area contributed by atoms with Gasteiger partial charge in [-0.25, -0.2) is 17.5 Å². The Balaban J connectivity index is 1.76. The molecule has 2 N–H and O–H groups in total. The van der Waals surface area contributed by atoms with Crippen molar-refractivity contribution in [3.05, 3.63) is 29.6 Å². The Morgan fingerprint density at radius 1 is 1.25 bits per heavy atom. The van der Waals surface area contributed by atoms with Crippen LogP contribution >= 0.6 is 0 Å². The smallest absolute Gasteiger partial charge is 0.240 e. The summed E-state index contributed by atoms with van der Waals surface area (Å²) in [5, 5.41) is 3.47. The Bertz CT molecular complexity index is 606. The summed E-state index contributed by atoms with van der Waals surface area (Å²) in [6, 6.07) is 4.82. The zero-order chi connectivity index (χ0) is 14.3. The van der Waals surface area contributed by atoms with Gasteiger partial charge in [-0.15, -0.1) is 0 Å². The molecule has 2 fully saturated rings. The molecule has 2 saturated heterocycles. The Hall–Kier alpha value is -0.980. The molecule has 0 radical (unpaired) electrons. The lowest BCUT2D eigenvalue weighted by molar-refractivity contribution is 0.345. The lowest BCUT2D eigenvalue weighted by atomic mass is 10.0. The summed E-state index contributed by atoms with van der Waals surface area (Å²) in [6.45, 7) is 1.61. The van der Waals surface area contributed by atoms with Gasteiger partial charge >= 0.3 is 0 Å². The topological polar surface area (TPSA) is 58.2 Å². The lowest BCUT2D eigenvalue weighted by Gasteiger charge is -2.29. The van der Waals surface area contributed by atoms with Gasteiger partial charge in [0.1, 0.15) is 5.82 Å². The first-order valence-corrected chi connectivity index (χ1v) is 8.47. The molecule has 0 spiro atoms. The van der Waals surface area contributed by atoms with Gasteiger partial charge in [0, 0.05) is 18.1 Å². The molecule has 2 heterocycles. The number of sulfonamides is 1. The van der Waals surface area contributed by atoms with Crippen LogP contribution in [0.4, 0.5) is 4.39 Å². The summed E-state index contributed by atoms with van der Waals surface area (Å²) in [5.74, 6) is -0.488. The summed E-state index contributed by atoms with van der Waals surface area (Å²) in [6.07, 6.45) is 3.85. The van der Waals surface area contributed by atoms with Crippen LogP contribution in [-0.4, -0.2) is 26.5 Å². The minimum Gasteiger partial charge on any atom is -0.311 e. The molecule has 110 valence electrons. The van der Waals surface area contributed by atoms with Gasteiger partial charge in [-0.05, 0) is 50.3 Å². The van der Waals surface area contributed by atoms with Gasteiger partial charge in [0.15, 0.2) is 0 Å². The number of aryl methyl sites for hydroxylation is 1. The third-order valence-corrected chi connectivity index (χ3v) is 5.77. The molecule has 4 nitrogen and oxygen atoms in total. The van der Waals surface area contributed by atoms with E-state index < -0.39 is 15.8 Å². The lowest BCUT2D eigenvalue weighted by Crippen LogP contribution is -2.47. The Morgan fingerprint density at radius 2 is 1.90 bits per heavy atom. The molecule has 2 unspecified atom stereocenters. The first-order valence-electron chi connectivity index (χ1n) is 6.98. The third kappa shape index (κ3) is 2.73. The van der Waals surface area contributed by atoms with Crippen molar-refractivity contribution < 1.29 is 12.8 Å². The highest BCUT2D eigenvalue weighted by Crippen LogP contribution is 2.27. The van der Waals surface area contributed by atoms with Crippen molar-refractivity contribution in [1.82, 2.24) is 10.0 Å². The number of hydrogen-bond acceptors (Lipinski definition) is 3. The third-order valence-electron chi connectivity index (χ3n) is 4.25. The number of nitrogens with one attached hydrogen (secondary N) is 2. The first kappa shape index (κ1) is 14.0. The van der Waals surface area contributed by atoms with Crippen molar-refractivity contribution in [3.63, 3.8) is 0 Å². The van der Waals surface area contributed by atoms with E-state index in [2.05, 4.69) is 10.0 Å². The van der Waals surface area contributed by atoms with E-state index in [-0.39, 0.29) is 10.9 Å². The predicted octanol–water partition coefficient (Wildman–Crippen LogP) is 1.70. The van der Waals surface area contributed by atoms with Crippen LogP contribution in [0.3, 0.4) is 0 Å². The van der Waals surface area contributed by atoms with E-state index in [9.17, 15) is 12.8 Å². The molecule has 2 aliphatic rings. The van der Waals surface area contributed by atoms with Gasteiger partial charge < -0.3 is 5.32 Å². The van der Waals surface area contributed by atoms with E-state index in [1.807, 2.05) is 0 Å². The van der Waals surface area contributed by atoms with Crippen molar-refractivity contribution in [3.8, 4) is 0 Å². The van der Waals surface area contributed by atoms with Crippen molar-refractivity contribution in [2.24, 2.45) is 0 Å². The number of hydrogen-bond donors (Lipinski definition) is 2. The highest BCUT2D eigenvalue weighted by atomic mass is 32.2. The quantitative estimate of drug-likeness (QED) is 0.893. The Morgan fingerprint density at radius 3 is 2.50 bits per heavy atom. The maximum absolute atomic E-state index is 13.5. The normalized spacial score (nSPS) is 29.6. The van der Waals surface area contributed by atoms with Crippen molar-refractivity contribution >= 4 is 10.0 Å². The van der Waals surface area contributed by atoms with Crippen LogP contribution in [0.1, 0.15) is 31.2 Å². The van der Waals surface area contributed by atoms with Gasteiger partial charge in [-0.3, -0.25) is 0 Å². The molecule has 2 bridgehead atoms. The van der Waals surface area contributed by atoms with Crippen LogP contribution in [0, 0.1) is 12.7 Å². The zero-order valence-corrected chi connectivity index (χ0v) is 12.2. The molecular weight excluding hydrogens is 279 g/mol. The van der Waals surface area contributed by atoms with Crippen LogP contribution < -0.4 is 10.0 Å². The zero-order valence-electron chi connectivity index (χ0n) is 11.4. The van der Waals surface area contributed by atoms with Crippen LogP contribution in [0.15, 0.2) is 23.1 Å². The molecule has 1 aromatic carbocycles. The summed E-state index contributed by atoms with van der Waals surface area (Å²) >= 11 is 0. The molecule has 6 heteroatoms. The van der Waals surface area contributed by atoms with E-state index in [0.29, 0.717) is 17.6 Å². The maximum atomic E-state index is 13.5. The Kier molecular flexibility index (Phi) is 3.56. The molecule has 2 atom stereocenters. The predicted molar refractivity (Wildman–Crippen MR) is 74.4 cm³/mol.